The number of piperidine rings is 2. The Morgan fingerprint density at radius 2 is 1.56 bits per heavy atom. The molecule has 0 amide bonds. The van der Waals surface area contributed by atoms with Gasteiger partial charge >= 0.3 is 0 Å². The average molecular weight is 532 g/mol. The molecule has 3 aliphatic heterocycles. The lowest BCUT2D eigenvalue weighted by atomic mass is 9.98. The summed E-state index contributed by atoms with van der Waals surface area (Å²) >= 11 is 0. The number of ether oxygens (including phenoxy) is 2. The molecule has 0 aliphatic carbocycles. The molecule has 202 valence electrons. The first kappa shape index (κ1) is 24.4. The third-order valence-corrected chi connectivity index (χ3v) is 8.04. The van der Waals surface area contributed by atoms with Crippen LogP contribution in [-0.4, -0.2) is 71.3 Å². The monoisotopic (exact) mass is 531 g/mol. The summed E-state index contributed by atoms with van der Waals surface area (Å²) in [5, 5.41) is 10.6. The van der Waals surface area contributed by atoms with Crippen molar-refractivity contribution in [3.63, 3.8) is 0 Å². The van der Waals surface area contributed by atoms with E-state index in [1.807, 2.05) is 12.1 Å². The van der Waals surface area contributed by atoms with Crippen molar-refractivity contribution >= 4 is 22.7 Å². The molecule has 10 heteroatoms. The maximum Gasteiger partial charge on any atom is 0.232 e. The smallest absolute Gasteiger partial charge is 0.232 e. The van der Waals surface area contributed by atoms with Gasteiger partial charge in [-0.2, -0.15) is 0 Å². The van der Waals surface area contributed by atoms with Crippen LogP contribution in [0.3, 0.4) is 0 Å². The number of aliphatic hydroxyl groups excluding tert-OH is 1. The van der Waals surface area contributed by atoms with Gasteiger partial charge in [0.25, 0.3) is 0 Å². The zero-order valence-electron chi connectivity index (χ0n) is 21.6. The van der Waals surface area contributed by atoms with Crippen LogP contribution >= 0.6 is 0 Å². The lowest BCUT2D eigenvalue weighted by Crippen LogP contribution is -2.45. The van der Waals surface area contributed by atoms with Crippen LogP contribution in [0.5, 0.6) is 0 Å². The van der Waals surface area contributed by atoms with Gasteiger partial charge in [-0.05, 0) is 42.7 Å². The third kappa shape index (κ3) is 4.52. The number of rotatable bonds is 4. The van der Waals surface area contributed by atoms with E-state index >= 15 is 0 Å². The van der Waals surface area contributed by atoms with Crippen LogP contribution in [0.2, 0.25) is 0 Å². The van der Waals surface area contributed by atoms with Gasteiger partial charge in [0.05, 0.1) is 24.7 Å². The van der Waals surface area contributed by atoms with Crippen molar-refractivity contribution in [3.8, 4) is 22.5 Å². The molecule has 0 radical (unpaired) electrons. The molecule has 39 heavy (non-hydrogen) atoms. The minimum Gasteiger partial charge on any atom is -0.437 e. The number of aliphatic hydroxyl groups is 1. The van der Waals surface area contributed by atoms with Crippen molar-refractivity contribution in [2.75, 3.05) is 49.2 Å². The van der Waals surface area contributed by atoms with E-state index in [-0.39, 0.29) is 11.9 Å². The number of fused-ring (bicyclic) bond motifs is 1. The number of hydrogen-bond acceptors (Lipinski definition) is 9. The summed E-state index contributed by atoms with van der Waals surface area (Å²) < 4.78 is 32.1. The molecule has 3 aromatic heterocycles. The number of furan rings is 1. The largest absolute Gasteiger partial charge is 0.437 e. The van der Waals surface area contributed by atoms with Crippen molar-refractivity contribution in [1.29, 1.82) is 0 Å². The van der Waals surface area contributed by atoms with Crippen LogP contribution in [-0.2, 0) is 9.47 Å². The van der Waals surface area contributed by atoms with E-state index in [9.17, 15) is 9.50 Å². The summed E-state index contributed by atoms with van der Waals surface area (Å²) in [7, 11) is 0. The second kappa shape index (κ2) is 9.86. The molecule has 3 saturated heterocycles. The normalized spacial score (nSPS) is 19.8. The van der Waals surface area contributed by atoms with Gasteiger partial charge in [0.1, 0.15) is 29.5 Å². The van der Waals surface area contributed by atoms with Crippen molar-refractivity contribution in [2.24, 2.45) is 0 Å². The Kier molecular flexibility index (Phi) is 6.18. The Morgan fingerprint density at radius 3 is 2.26 bits per heavy atom. The lowest BCUT2D eigenvalue weighted by Gasteiger charge is -2.38. The number of nitrogens with zero attached hydrogens (tertiary/aromatic N) is 5. The molecule has 1 spiro atoms. The molecule has 4 aromatic rings. The zero-order chi connectivity index (χ0) is 26.4. The Hall–Kier alpha value is -3.60. The first-order valence-corrected chi connectivity index (χ1v) is 13.5. The van der Waals surface area contributed by atoms with Gasteiger partial charge in [-0.3, -0.25) is 0 Å². The van der Waals surface area contributed by atoms with Crippen molar-refractivity contribution in [1.82, 2.24) is 15.0 Å². The maximum atomic E-state index is 13.9. The summed E-state index contributed by atoms with van der Waals surface area (Å²) in [4.78, 5) is 18.3. The highest BCUT2D eigenvalue weighted by atomic mass is 19.1. The Labute approximate surface area is 225 Å². The predicted molar refractivity (Wildman–Crippen MR) is 144 cm³/mol. The second-order valence-electron chi connectivity index (χ2n) is 10.4. The number of anilines is 2. The van der Waals surface area contributed by atoms with Crippen LogP contribution in [0.1, 0.15) is 25.7 Å². The van der Waals surface area contributed by atoms with Crippen molar-refractivity contribution in [3.05, 3.63) is 54.7 Å². The molecule has 3 fully saturated rings. The SMILES string of the molecule is OC1CCN(c2ccc(-c3oc4ncnc(N5CCC6(CC5)OCCO6)c4c3-c3ccc(F)cc3)cn2)CC1. The molecule has 0 atom stereocenters. The second-order valence-corrected chi connectivity index (χ2v) is 10.4. The Morgan fingerprint density at radius 1 is 0.846 bits per heavy atom. The number of benzene rings is 1. The predicted octanol–water partition coefficient (Wildman–Crippen LogP) is 4.40. The van der Waals surface area contributed by atoms with Gasteiger partial charge in [0.15, 0.2) is 5.79 Å². The standard InChI is InChI=1S/C29H30FN5O4/c30-21-4-1-19(2-5-21)24-25-27(35-13-9-29(10-14-35)37-15-16-38-29)32-18-33-28(25)39-26(24)20-3-6-23(31-17-20)34-11-7-22(36)8-12-34/h1-6,17-18,22,36H,7-16H2. The summed E-state index contributed by atoms with van der Waals surface area (Å²) in [5.74, 6) is 1.45. The lowest BCUT2D eigenvalue weighted by molar-refractivity contribution is -0.169. The minimum atomic E-state index is -0.496. The molecule has 1 aromatic carbocycles. The highest BCUT2D eigenvalue weighted by Gasteiger charge is 2.40. The van der Waals surface area contributed by atoms with Crippen molar-refractivity contribution < 1.29 is 23.4 Å². The maximum absolute atomic E-state index is 13.9. The molecule has 0 unspecified atom stereocenters. The molecule has 7 rings (SSSR count). The Balaban J connectivity index is 1.29. The van der Waals surface area contributed by atoms with Gasteiger partial charge in [-0.25, -0.2) is 19.3 Å². The number of halogens is 1. The summed E-state index contributed by atoms with van der Waals surface area (Å²) in [6.07, 6.45) is 6.05. The van der Waals surface area contributed by atoms with E-state index < -0.39 is 5.79 Å². The molecule has 0 saturated carbocycles. The van der Waals surface area contributed by atoms with E-state index in [4.69, 9.17) is 23.9 Å². The fraction of sp³-hybridized carbons (Fsp3) is 0.414. The summed E-state index contributed by atoms with van der Waals surface area (Å²) in [5.41, 5.74) is 2.89. The van der Waals surface area contributed by atoms with Crippen LogP contribution in [0, 0.1) is 5.82 Å². The Bertz CT molecular complexity index is 1450. The third-order valence-electron chi connectivity index (χ3n) is 8.04. The van der Waals surface area contributed by atoms with Crippen LogP contribution in [0.25, 0.3) is 33.6 Å². The van der Waals surface area contributed by atoms with Gasteiger partial charge in [0, 0.05) is 56.3 Å². The van der Waals surface area contributed by atoms with E-state index in [1.165, 1.54) is 18.5 Å². The summed E-state index contributed by atoms with van der Waals surface area (Å²) in [6.45, 7) is 4.23. The van der Waals surface area contributed by atoms with E-state index in [0.29, 0.717) is 24.7 Å². The first-order chi connectivity index (χ1) is 19.1. The van der Waals surface area contributed by atoms with Crippen LogP contribution in [0.15, 0.2) is 53.3 Å². The number of hydrogen-bond donors (Lipinski definition) is 1. The quantitative estimate of drug-likeness (QED) is 0.411. The van der Waals surface area contributed by atoms with Gasteiger partial charge in [-0.15, -0.1) is 0 Å². The molecular weight excluding hydrogens is 501 g/mol. The highest BCUT2D eigenvalue weighted by molar-refractivity contribution is 6.06. The minimum absolute atomic E-state index is 0.242. The fourth-order valence-electron chi connectivity index (χ4n) is 5.90. The highest BCUT2D eigenvalue weighted by Crippen LogP contribution is 2.44. The van der Waals surface area contributed by atoms with Gasteiger partial charge in [-0.1, -0.05) is 12.1 Å². The topological polar surface area (TPSA) is 97.0 Å². The van der Waals surface area contributed by atoms with Gasteiger partial charge < -0.3 is 28.8 Å². The number of aromatic nitrogens is 3. The molecule has 6 heterocycles. The zero-order valence-corrected chi connectivity index (χ0v) is 21.6. The fourth-order valence-corrected chi connectivity index (χ4v) is 5.90. The molecule has 9 nitrogen and oxygen atoms in total. The average Bonchev–Trinajstić information content (AvgIpc) is 3.59. The molecule has 1 N–H and O–H groups in total. The molecular formula is C29H30FN5O4. The summed E-state index contributed by atoms with van der Waals surface area (Å²) in [6, 6.07) is 10.4. The van der Waals surface area contributed by atoms with Gasteiger partial charge in [0.2, 0.25) is 5.71 Å². The van der Waals surface area contributed by atoms with E-state index in [1.54, 1.807) is 18.3 Å². The van der Waals surface area contributed by atoms with E-state index in [0.717, 1.165) is 85.6 Å². The number of pyridine rings is 1. The molecule has 3 aliphatic rings. The van der Waals surface area contributed by atoms with Crippen molar-refractivity contribution in [2.45, 2.75) is 37.6 Å². The first-order valence-electron chi connectivity index (χ1n) is 13.5. The van der Waals surface area contributed by atoms with Crippen LogP contribution < -0.4 is 9.80 Å². The van der Waals surface area contributed by atoms with Crippen LogP contribution in [0.4, 0.5) is 16.0 Å². The molecule has 0 bridgehead atoms. The van der Waals surface area contributed by atoms with E-state index in [2.05, 4.69) is 14.8 Å².